The summed E-state index contributed by atoms with van der Waals surface area (Å²) in [6.07, 6.45) is 3.60. The first-order valence-electron chi connectivity index (χ1n) is 5.53. The predicted octanol–water partition coefficient (Wildman–Crippen LogP) is 3.62. The summed E-state index contributed by atoms with van der Waals surface area (Å²) in [4.78, 5) is 12.9. The molecule has 0 fully saturated rings. The van der Waals surface area contributed by atoms with Gasteiger partial charge < -0.3 is 0 Å². The van der Waals surface area contributed by atoms with Crippen molar-refractivity contribution in [2.45, 2.75) is 26.7 Å². The number of aromatic nitrogens is 3. The average molecular weight is 248 g/mol. The van der Waals surface area contributed by atoms with Crippen molar-refractivity contribution in [3.63, 3.8) is 0 Å². The highest BCUT2D eigenvalue weighted by Gasteiger charge is 2.08. The van der Waals surface area contributed by atoms with Gasteiger partial charge in [0.2, 0.25) is 0 Å². The molecular weight excluding hydrogens is 234 g/mol. The van der Waals surface area contributed by atoms with Crippen molar-refractivity contribution in [3.8, 4) is 11.3 Å². The Labute approximate surface area is 106 Å². The van der Waals surface area contributed by atoms with Crippen molar-refractivity contribution in [1.29, 1.82) is 0 Å². The van der Waals surface area contributed by atoms with Crippen molar-refractivity contribution < 1.29 is 0 Å². The number of nitrogens with zero attached hydrogens (tertiary/aromatic N) is 3. The number of pyridine rings is 1. The fourth-order valence-electron chi connectivity index (χ4n) is 1.54. The molecule has 2 aromatic rings. The van der Waals surface area contributed by atoms with Gasteiger partial charge in [0.1, 0.15) is 11.0 Å². The van der Waals surface area contributed by atoms with E-state index in [1.807, 2.05) is 33.0 Å². The monoisotopic (exact) mass is 247 g/mol. The highest BCUT2D eigenvalue weighted by molar-refractivity contribution is 6.29. The van der Waals surface area contributed by atoms with Crippen molar-refractivity contribution in [3.05, 3.63) is 41.1 Å². The fourth-order valence-corrected chi connectivity index (χ4v) is 1.73. The lowest BCUT2D eigenvalue weighted by Crippen LogP contribution is -1.99. The van der Waals surface area contributed by atoms with E-state index in [-0.39, 0.29) is 5.92 Å². The van der Waals surface area contributed by atoms with E-state index in [0.29, 0.717) is 5.15 Å². The zero-order chi connectivity index (χ0) is 12.4. The van der Waals surface area contributed by atoms with Crippen LogP contribution in [-0.4, -0.2) is 15.0 Å². The quantitative estimate of drug-likeness (QED) is 0.761. The molecule has 0 bridgehead atoms. The Bertz CT molecular complexity index is 538. The molecule has 0 saturated carbocycles. The van der Waals surface area contributed by atoms with E-state index in [4.69, 9.17) is 11.6 Å². The Morgan fingerprint density at radius 1 is 1.12 bits per heavy atom. The van der Waals surface area contributed by atoms with Gasteiger partial charge in [-0.3, -0.25) is 4.98 Å². The van der Waals surface area contributed by atoms with E-state index in [2.05, 4.69) is 15.0 Å². The minimum Gasteiger partial charge on any atom is -0.264 e. The average Bonchev–Trinajstić information content (AvgIpc) is 2.28. The third-order valence-electron chi connectivity index (χ3n) is 2.40. The van der Waals surface area contributed by atoms with Crippen LogP contribution in [0.2, 0.25) is 5.15 Å². The maximum absolute atomic E-state index is 6.01. The van der Waals surface area contributed by atoms with Crippen LogP contribution in [0, 0.1) is 6.92 Å². The summed E-state index contributed by atoms with van der Waals surface area (Å²) in [5, 5.41) is 0.472. The Balaban J connectivity index is 2.52. The Morgan fingerprint density at radius 2 is 1.88 bits per heavy atom. The van der Waals surface area contributed by atoms with Gasteiger partial charge >= 0.3 is 0 Å². The second-order valence-electron chi connectivity index (χ2n) is 4.34. The smallest absolute Gasteiger partial charge is 0.133 e. The molecule has 2 heterocycles. The van der Waals surface area contributed by atoms with Crippen molar-refractivity contribution in [2.24, 2.45) is 0 Å². The largest absolute Gasteiger partial charge is 0.264 e. The van der Waals surface area contributed by atoms with Crippen LogP contribution < -0.4 is 0 Å². The van der Waals surface area contributed by atoms with Gasteiger partial charge in [-0.15, -0.1) is 0 Å². The lowest BCUT2D eigenvalue weighted by molar-refractivity contribution is 0.776. The van der Waals surface area contributed by atoms with Crippen LogP contribution in [-0.2, 0) is 0 Å². The molecule has 0 N–H and O–H groups in total. The molecule has 0 aliphatic carbocycles. The highest BCUT2D eigenvalue weighted by Crippen LogP contribution is 2.22. The minimum atomic E-state index is 0.255. The van der Waals surface area contributed by atoms with Gasteiger partial charge in [-0.2, -0.15) is 0 Å². The van der Waals surface area contributed by atoms with Crippen LogP contribution in [0.3, 0.4) is 0 Å². The molecule has 2 aromatic heterocycles. The van der Waals surface area contributed by atoms with Gasteiger partial charge in [-0.25, -0.2) is 9.97 Å². The molecular formula is C13H14ClN3. The van der Waals surface area contributed by atoms with Gasteiger partial charge in [0, 0.05) is 29.9 Å². The molecule has 0 aliphatic heterocycles. The fraction of sp³-hybridized carbons (Fsp3) is 0.308. The summed E-state index contributed by atoms with van der Waals surface area (Å²) in [6.45, 7) is 6.09. The van der Waals surface area contributed by atoms with Crippen LogP contribution in [0.4, 0.5) is 0 Å². The Kier molecular flexibility index (Phi) is 3.38. The van der Waals surface area contributed by atoms with Gasteiger partial charge in [-0.05, 0) is 18.6 Å². The second kappa shape index (κ2) is 4.80. The maximum atomic E-state index is 6.01. The van der Waals surface area contributed by atoms with Gasteiger partial charge in [0.15, 0.2) is 0 Å². The summed E-state index contributed by atoms with van der Waals surface area (Å²) in [6, 6.07) is 3.81. The SMILES string of the molecule is Cc1cncc(-c2cc(Cl)nc(C(C)C)n2)c1. The van der Waals surface area contributed by atoms with E-state index < -0.39 is 0 Å². The van der Waals surface area contributed by atoms with Gasteiger partial charge in [0.25, 0.3) is 0 Å². The Morgan fingerprint density at radius 3 is 2.53 bits per heavy atom. The molecule has 2 rings (SSSR count). The first-order chi connectivity index (χ1) is 8.06. The number of hydrogen-bond acceptors (Lipinski definition) is 3. The topological polar surface area (TPSA) is 38.7 Å². The van der Waals surface area contributed by atoms with Crippen LogP contribution in [0.1, 0.15) is 31.2 Å². The number of aryl methyl sites for hydroxylation is 1. The summed E-state index contributed by atoms with van der Waals surface area (Å²) in [7, 11) is 0. The summed E-state index contributed by atoms with van der Waals surface area (Å²) in [5.41, 5.74) is 2.89. The van der Waals surface area contributed by atoms with Gasteiger partial charge in [-0.1, -0.05) is 25.4 Å². The molecule has 0 radical (unpaired) electrons. The van der Waals surface area contributed by atoms with E-state index in [1.165, 1.54) is 0 Å². The normalized spacial score (nSPS) is 10.9. The summed E-state index contributed by atoms with van der Waals surface area (Å²) < 4.78 is 0. The van der Waals surface area contributed by atoms with Crippen LogP contribution in [0.5, 0.6) is 0 Å². The molecule has 0 atom stereocenters. The molecule has 0 unspecified atom stereocenters. The summed E-state index contributed by atoms with van der Waals surface area (Å²) in [5.74, 6) is 1.01. The standard InChI is InChI=1S/C13H14ClN3/c1-8(2)13-16-11(5-12(14)17-13)10-4-9(3)6-15-7-10/h4-8H,1-3H3. The van der Waals surface area contributed by atoms with E-state index >= 15 is 0 Å². The Hall–Kier alpha value is -1.48. The number of halogens is 1. The van der Waals surface area contributed by atoms with Crippen LogP contribution in [0.15, 0.2) is 24.5 Å². The van der Waals surface area contributed by atoms with Crippen molar-refractivity contribution in [1.82, 2.24) is 15.0 Å². The molecule has 0 aromatic carbocycles. The molecule has 88 valence electrons. The molecule has 17 heavy (non-hydrogen) atoms. The van der Waals surface area contributed by atoms with Gasteiger partial charge in [0.05, 0.1) is 5.69 Å². The maximum Gasteiger partial charge on any atom is 0.133 e. The minimum absolute atomic E-state index is 0.255. The summed E-state index contributed by atoms with van der Waals surface area (Å²) >= 11 is 6.01. The predicted molar refractivity (Wildman–Crippen MR) is 69.1 cm³/mol. The zero-order valence-electron chi connectivity index (χ0n) is 10.1. The van der Waals surface area contributed by atoms with Crippen molar-refractivity contribution in [2.75, 3.05) is 0 Å². The zero-order valence-corrected chi connectivity index (χ0v) is 10.9. The third kappa shape index (κ3) is 2.80. The van der Waals surface area contributed by atoms with E-state index in [9.17, 15) is 0 Å². The second-order valence-corrected chi connectivity index (χ2v) is 4.73. The molecule has 4 heteroatoms. The lowest BCUT2D eigenvalue weighted by Gasteiger charge is -2.07. The molecule has 0 spiro atoms. The van der Waals surface area contributed by atoms with Crippen molar-refractivity contribution >= 4 is 11.6 Å². The van der Waals surface area contributed by atoms with Crippen LogP contribution in [0.25, 0.3) is 11.3 Å². The first-order valence-corrected chi connectivity index (χ1v) is 5.90. The lowest BCUT2D eigenvalue weighted by atomic mass is 10.1. The molecule has 0 aliphatic rings. The van der Waals surface area contributed by atoms with Crippen LogP contribution >= 0.6 is 11.6 Å². The number of rotatable bonds is 2. The first kappa shape index (κ1) is 12.0. The third-order valence-corrected chi connectivity index (χ3v) is 2.59. The molecule has 0 amide bonds. The molecule has 0 saturated heterocycles. The number of hydrogen-bond donors (Lipinski definition) is 0. The highest BCUT2D eigenvalue weighted by atomic mass is 35.5. The molecule has 3 nitrogen and oxygen atoms in total. The van der Waals surface area contributed by atoms with E-state index in [0.717, 1.165) is 22.6 Å². The van der Waals surface area contributed by atoms with E-state index in [1.54, 1.807) is 12.3 Å².